The Kier molecular flexibility index (Phi) is 7.42. The van der Waals surface area contributed by atoms with E-state index in [-0.39, 0.29) is 0 Å². The second kappa shape index (κ2) is 13.0. The minimum Gasteiger partial charge on any atom is -0.456 e. The quantitative estimate of drug-likeness (QED) is 0.172. The highest BCUT2D eigenvalue weighted by Crippen LogP contribution is 2.40. The van der Waals surface area contributed by atoms with Crippen molar-refractivity contribution in [3.8, 4) is 62.1 Å². The highest BCUT2D eigenvalue weighted by molar-refractivity contribution is 6.17. The second-order valence-corrected chi connectivity index (χ2v) is 14.1. The standard InChI is InChI=1S/C51H32N4O/c1-4-15-33(16-5-1)38-28-39(36-21-14-22-37(27-36)51-53-49(34-17-6-2-7-18-34)52-50(54-51)35-19-8-3-9-20-35)30-40(29-38)55-45-25-12-10-23-41(45)43-32-48-44(31-46(43)55)42-24-11-13-26-47(42)56-48/h1-32H. The Morgan fingerprint density at radius 1 is 0.304 bits per heavy atom. The van der Waals surface area contributed by atoms with Gasteiger partial charge in [0.15, 0.2) is 17.5 Å². The van der Waals surface area contributed by atoms with Gasteiger partial charge in [-0.2, -0.15) is 0 Å². The summed E-state index contributed by atoms with van der Waals surface area (Å²) in [5.74, 6) is 1.90. The molecule has 0 unspecified atom stereocenters. The molecule has 0 radical (unpaired) electrons. The van der Waals surface area contributed by atoms with E-state index in [0.29, 0.717) is 17.5 Å². The molecule has 5 nitrogen and oxygen atoms in total. The Morgan fingerprint density at radius 3 is 1.52 bits per heavy atom. The number of aromatic nitrogens is 4. The van der Waals surface area contributed by atoms with E-state index in [0.717, 1.165) is 83.0 Å². The minimum atomic E-state index is 0.623. The molecule has 56 heavy (non-hydrogen) atoms. The van der Waals surface area contributed by atoms with Crippen molar-refractivity contribution in [2.45, 2.75) is 0 Å². The number of benzene rings is 8. The average molecular weight is 717 g/mol. The van der Waals surface area contributed by atoms with Crippen LogP contribution in [-0.4, -0.2) is 19.5 Å². The van der Waals surface area contributed by atoms with Gasteiger partial charge in [-0.3, -0.25) is 0 Å². The van der Waals surface area contributed by atoms with Crippen LogP contribution in [0, 0.1) is 0 Å². The number of hydrogen-bond acceptors (Lipinski definition) is 4. The first-order valence-corrected chi connectivity index (χ1v) is 18.8. The van der Waals surface area contributed by atoms with Crippen LogP contribution in [0.25, 0.3) is 106 Å². The summed E-state index contributed by atoms with van der Waals surface area (Å²) in [5, 5.41) is 4.54. The van der Waals surface area contributed by atoms with Gasteiger partial charge in [-0.05, 0) is 70.8 Å². The molecule has 0 saturated carbocycles. The molecule has 0 spiro atoms. The third-order valence-electron chi connectivity index (χ3n) is 10.6. The van der Waals surface area contributed by atoms with Gasteiger partial charge in [0, 0.05) is 43.9 Å². The Morgan fingerprint density at radius 2 is 0.821 bits per heavy atom. The van der Waals surface area contributed by atoms with Gasteiger partial charge in [0.1, 0.15) is 11.2 Å². The fourth-order valence-corrected chi connectivity index (χ4v) is 7.94. The second-order valence-electron chi connectivity index (χ2n) is 14.1. The lowest BCUT2D eigenvalue weighted by Gasteiger charge is -2.15. The minimum absolute atomic E-state index is 0.623. The highest BCUT2D eigenvalue weighted by atomic mass is 16.3. The summed E-state index contributed by atoms with van der Waals surface area (Å²) in [4.78, 5) is 15.0. The number of para-hydroxylation sites is 2. The molecule has 0 N–H and O–H groups in total. The van der Waals surface area contributed by atoms with Crippen LogP contribution in [0.4, 0.5) is 0 Å². The van der Waals surface area contributed by atoms with Gasteiger partial charge < -0.3 is 8.98 Å². The first-order valence-electron chi connectivity index (χ1n) is 18.8. The fourth-order valence-electron chi connectivity index (χ4n) is 7.94. The van der Waals surface area contributed by atoms with Gasteiger partial charge >= 0.3 is 0 Å². The molecule has 0 aliphatic rings. The Bertz CT molecular complexity index is 3180. The molecule has 0 amide bonds. The average Bonchev–Trinajstić information content (AvgIpc) is 3.81. The van der Waals surface area contributed by atoms with Crippen LogP contribution in [0.3, 0.4) is 0 Å². The van der Waals surface area contributed by atoms with E-state index < -0.39 is 0 Å². The predicted molar refractivity (Wildman–Crippen MR) is 229 cm³/mol. The normalized spacial score (nSPS) is 11.6. The Hall–Kier alpha value is -7.63. The maximum atomic E-state index is 6.37. The summed E-state index contributed by atoms with van der Waals surface area (Å²) in [6, 6.07) is 67.6. The highest BCUT2D eigenvalue weighted by Gasteiger charge is 2.19. The number of rotatable bonds is 6. The molecule has 8 aromatic carbocycles. The third-order valence-corrected chi connectivity index (χ3v) is 10.6. The van der Waals surface area contributed by atoms with Crippen molar-refractivity contribution in [3.05, 3.63) is 194 Å². The maximum Gasteiger partial charge on any atom is 0.164 e. The summed E-state index contributed by atoms with van der Waals surface area (Å²) in [7, 11) is 0. The molecular formula is C51H32N4O. The van der Waals surface area contributed by atoms with Crippen molar-refractivity contribution < 1.29 is 4.42 Å². The molecule has 0 aliphatic carbocycles. The summed E-state index contributed by atoms with van der Waals surface area (Å²) in [6.07, 6.45) is 0. The monoisotopic (exact) mass is 716 g/mol. The maximum absolute atomic E-state index is 6.37. The van der Waals surface area contributed by atoms with Crippen molar-refractivity contribution in [3.63, 3.8) is 0 Å². The smallest absolute Gasteiger partial charge is 0.164 e. The van der Waals surface area contributed by atoms with Gasteiger partial charge in [-0.1, -0.05) is 146 Å². The zero-order chi connectivity index (χ0) is 37.0. The van der Waals surface area contributed by atoms with Gasteiger partial charge in [-0.25, -0.2) is 15.0 Å². The summed E-state index contributed by atoms with van der Waals surface area (Å²) in [5.41, 5.74) is 12.3. The van der Waals surface area contributed by atoms with Crippen molar-refractivity contribution in [2.24, 2.45) is 0 Å². The SMILES string of the molecule is c1ccc(-c2cc(-c3cccc(-c4nc(-c5ccccc5)nc(-c5ccccc5)n4)c3)cc(-n3c4ccccc4c4cc5oc6ccccc6c5cc43)c2)cc1. The van der Waals surface area contributed by atoms with Crippen LogP contribution in [0.1, 0.15) is 0 Å². The third kappa shape index (κ3) is 5.45. The molecule has 0 bridgehead atoms. The van der Waals surface area contributed by atoms with Gasteiger partial charge in [-0.15, -0.1) is 0 Å². The first kappa shape index (κ1) is 31.9. The van der Waals surface area contributed by atoms with E-state index in [1.807, 2.05) is 72.8 Å². The number of fused-ring (bicyclic) bond motifs is 6. The Balaban J connectivity index is 1.12. The predicted octanol–water partition coefficient (Wildman–Crippen LogP) is 13.2. The number of hydrogen-bond donors (Lipinski definition) is 0. The van der Waals surface area contributed by atoms with Crippen LogP contribution < -0.4 is 0 Å². The van der Waals surface area contributed by atoms with E-state index in [1.165, 1.54) is 5.39 Å². The lowest BCUT2D eigenvalue weighted by atomic mass is 9.96. The molecule has 11 rings (SSSR count). The molecule has 5 heteroatoms. The molecule has 0 atom stereocenters. The molecule has 0 saturated heterocycles. The summed E-state index contributed by atoms with van der Waals surface area (Å²) in [6.45, 7) is 0. The number of furan rings is 1. The van der Waals surface area contributed by atoms with E-state index in [2.05, 4.69) is 126 Å². The molecule has 3 aromatic heterocycles. The summed E-state index contributed by atoms with van der Waals surface area (Å²) >= 11 is 0. The van der Waals surface area contributed by atoms with Crippen molar-refractivity contribution in [2.75, 3.05) is 0 Å². The zero-order valence-corrected chi connectivity index (χ0v) is 30.2. The van der Waals surface area contributed by atoms with E-state index in [4.69, 9.17) is 19.4 Å². The molecule has 11 aromatic rings. The molecule has 3 heterocycles. The van der Waals surface area contributed by atoms with Crippen LogP contribution in [0.2, 0.25) is 0 Å². The van der Waals surface area contributed by atoms with Gasteiger partial charge in [0.25, 0.3) is 0 Å². The van der Waals surface area contributed by atoms with Crippen LogP contribution in [0.5, 0.6) is 0 Å². The van der Waals surface area contributed by atoms with E-state index in [1.54, 1.807) is 0 Å². The molecule has 0 aliphatic heterocycles. The van der Waals surface area contributed by atoms with E-state index in [9.17, 15) is 0 Å². The first-order chi connectivity index (χ1) is 27.7. The van der Waals surface area contributed by atoms with Crippen molar-refractivity contribution in [1.82, 2.24) is 19.5 Å². The van der Waals surface area contributed by atoms with Crippen LogP contribution >= 0.6 is 0 Å². The molecular weight excluding hydrogens is 685 g/mol. The molecule has 262 valence electrons. The van der Waals surface area contributed by atoms with Gasteiger partial charge in [0.05, 0.1) is 11.0 Å². The summed E-state index contributed by atoms with van der Waals surface area (Å²) < 4.78 is 8.77. The van der Waals surface area contributed by atoms with Crippen LogP contribution in [0.15, 0.2) is 199 Å². The Labute approximate surface area is 322 Å². The lowest BCUT2D eigenvalue weighted by molar-refractivity contribution is 0.669. The number of nitrogens with zero attached hydrogens (tertiary/aromatic N) is 4. The molecule has 0 fully saturated rings. The lowest BCUT2D eigenvalue weighted by Crippen LogP contribution is -2.00. The van der Waals surface area contributed by atoms with Crippen molar-refractivity contribution in [1.29, 1.82) is 0 Å². The zero-order valence-electron chi connectivity index (χ0n) is 30.2. The van der Waals surface area contributed by atoms with Crippen molar-refractivity contribution >= 4 is 43.7 Å². The topological polar surface area (TPSA) is 56.7 Å². The fraction of sp³-hybridized carbons (Fsp3) is 0. The van der Waals surface area contributed by atoms with Gasteiger partial charge in [0.2, 0.25) is 0 Å². The van der Waals surface area contributed by atoms with E-state index >= 15 is 0 Å². The largest absolute Gasteiger partial charge is 0.456 e. The van der Waals surface area contributed by atoms with Crippen LogP contribution in [-0.2, 0) is 0 Å².